The molecule has 0 fully saturated rings. The molecule has 0 atom stereocenters. The van der Waals surface area contributed by atoms with E-state index >= 15 is 0 Å². The lowest BCUT2D eigenvalue weighted by molar-refractivity contribution is 0.0948. The van der Waals surface area contributed by atoms with Crippen molar-refractivity contribution in [2.45, 2.75) is 6.54 Å². The van der Waals surface area contributed by atoms with Crippen molar-refractivity contribution in [3.63, 3.8) is 0 Å². The highest BCUT2D eigenvalue weighted by molar-refractivity contribution is 7.13. The molecule has 0 aliphatic rings. The molecule has 0 aromatic carbocycles. The van der Waals surface area contributed by atoms with E-state index in [0.29, 0.717) is 12.2 Å². The van der Waals surface area contributed by atoms with Gasteiger partial charge in [0.2, 0.25) is 0 Å². The Balaban J connectivity index is 1.88. The molecule has 0 unspecified atom stereocenters. The molecule has 7 heteroatoms. The van der Waals surface area contributed by atoms with Crippen LogP contribution in [-0.4, -0.2) is 20.4 Å². The molecule has 6 nitrogen and oxygen atoms in total. The molecular weight excluding hydrogens is 286 g/mol. The molecule has 3 heterocycles. The lowest BCUT2D eigenvalue weighted by Crippen LogP contribution is -2.30. The monoisotopic (exact) mass is 299 g/mol. The number of hydrazine groups is 1. The van der Waals surface area contributed by atoms with Crippen molar-refractivity contribution in [3.05, 3.63) is 59.5 Å². The second kappa shape index (κ2) is 5.86. The van der Waals surface area contributed by atoms with Gasteiger partial charge in [0.15, 0.2) is 0 Å². The second-order valence-electron chi connectivity index (χ2n) is 4.34. The number of imidazole rings is 1. The largest absolute Gasteiger partial charge is 0.324 e. The minimum absolute atomic E-state index is 0.299. The third-order valence-corrected chi connectivity index (χ3v) is 3.83. The Morgan fingerprint density at radius 1 is 1.33 bits per heavy atom. The molecule has 106 valence electrons. The van der Waals surface area contributed by atoms with Crippen LogP contribution in [0.3, 0.4) is 0 Å². The van der Waals surface area contributed by atoms with Gasteiger partial charge < -0.3 is 4.57 Å². The summed E-state index contributed by atoms with van der Waals surface area (Å²) in [6.07, 6.45) is 3.65. The summed E-state index contributed by atoms with van der Waals surface area (Å²) in [5.41, 5.74) is 3.15. The smallest absolute Gasteiger partial charge is 0.283 e. The van der Waals surface area contributed by atoms with Crippen LogP contribution in [-0.2, 0) is 6.54 Å². The number of thiophene rings is 1. The number of amides is 1. The van der Waals surface area contributed by atoms with Crippen LogP contribution in [0, 0.1) is 0 Å². The van der Waals surface area contributed by atoms with Crippen LogP contribution in [0.25, 0.3) is 10.7 Å². The summed E-state index contributed by atoms with van der Waals surface area (Å²) in [5, 5.41) is 2.01. The summed E-state index contributed by atoms with van der Waals surface area (Å²) in [6.45, 7) is 0.541. The predicted octanol–water partition coefficient (Wildman–Crippen LogP) is 1.66. The Morgan fingerprint density at radius 2 is 2.24 bits per heavy atom. The lowest BCUT2D eigenvalue weighted by Gasteiger charge is -2.07. The van der Waals surface area contributed by atoms with E-state index in [1.54, 1.807) is 29.7 Å². The number of hydrogen-bond donors (Lipinski definition) is 2. The van der Waals surface area contributed by atoms with E-state index in [1.807, 2.05) is 34.3 Å². The molecular formula is C14H13N5OS. The Kier molecular flexibility index (Phi) is 3.76. The number of hydrogen-bond acceptors (Lipinski definition) is 5. The highest BCUT2D eigenvalue weighted by Gasteiger charge is 2.10. The molecule has 0 aliphatic heterocycles. The maximum atomic E-state index is 11.5. The first-order chi connectivity index (χ1) is 10.3. The van der Waals surface area contributed by atoms with Gasteiger partial charge in [-0.25, -0.2) is 15.8 Å². The number of aromatic nitrogens is 3. The van der Waals surface area contributed by atoms with Gasteiger partial charge in [-0.2, -0.15) is 0 Å². The molecule has 21 heavy (non-hydrogen) atoms. The third kappa shape index (κ3) is 2.83. The number of carbonyl (C=O) groups excluding carboxylic acids is 1. The summed E-state index contributed by atoms with van der Waals surface area (Å²) in [7, 11) is 0. The Labute approximate surface area is 125 Å². The SMILES string of the molecule is NNC(=O)c1cccc(Cn2ccnc2-c2cccs2)n1. The highest BCUT2D eigenvalue weighted by Crippen LogP contribution is 2.23. The van der Waals surface area contributed by atoms with Crippen LogP contribution in [0.4, 0.5) is 0 Å². The fraction of sp³-hybridized carbons (Fsp3) is 0.0714. The minimum Gasteiger partial charge on any atom is -0.324 e. The maximum Gasteiger partial charge on any atom is 0.283 e. The highest BCUT2D eigenvalue weighted by atomic mass is 32.1. The first kappa shape index (κ1) is 13.5. The van der Waals surface area contributed by atoms with E-state index in [0.717, 1.165) is 16.4 Å². The van der Waals surface area contributed by atoms with Crippen molar-refractivity contribution in [1.82, 2.24) is 20.0 Å². The number of nitrogen functional groups attached to an aromatic ring is 1. The molecule has 3 aromatic rings. The Bertz CT molecular complexity index is 750. The quantitative estimate of drug-likeness (QED) is 0.436. The fourth-order valence-corrected chi connectivity index (χ4v) is 2.75. The zero-order valence-electron chi connectivity index (χ0n) is 11.1. The molecule has 0 spiro atoms. The first-order valence-electron chi connectivity index (χ1n) is 6.30. The van der Waals surface area contributed by atoms with Gasteiger partial charge >= 0.3 is 0 Å². The lowest BCUT2D eigenvalue weighted by atomic mass is 10.3. The summed E-state index contributed by atoms with van der Waals surface area (Å²) in [6, 6.07) is 9.29. The van der Waals surface area contributed by atoms with E-state index in [1.165, 1.54) is 0 Å². The predicted molar refractivity (Wildman–Crippen MR) is 80.5 cm³/mol. The van der Waals surface area contributed by atoms with Gasteiger partial charge in [0.05, 0.1) is 17.1 Å². The Hall–Kier alpha value is -2.51. The van der Waals surface area contributed by atoms with Crippen LogP contribution in [0.2, 0.25) is 0 Å². The zero-order chi connectivity index (χ0) is 14.7. The molecule has 3 aromatic heterocycles. The number of nitrogens with two attached hydrogens (primary N) is 1. The van der Waals surface area contributed by atoms with E-state index in [2.05, 4.69) is 15.4 Å². The van der Waals surface area contributed by atoms with Crippen molar-refractivity contribution < 1.29 is 4.79 Å². The minimum atomic E-state index is -0.402. The van der Waals surface area contributed by atoms with E-state index in [-0.39, 0.29) is 0 Å². The van der Waals surface area contributed by atoms with E-state index in [4.69, 9.17) is 5.84 Å². The summed E-state index contributed by atoms with van der Waals surface area (Å²) >= 11 is 1.63. The molecule has 0 saturated carbocycles. The number of rotatable bonds is 4. The zero-order valence-corrected chi connectivity index (χ0v) is 11.9. The van der Waals surface area contributed by atoms with Gasteiger partial charge in [0.1, 0.15) is 11.5 Å². The van der Waals surface area contributed by atoms with Gasteiger partial charge in [-0.05, 0) is 23.6 Å². The second-order valence-corrected chi connectivity index (χ2v) is 5.29. The number of pyridine rings is 1. The average molecular weight is 299 g/mol. The number of nitrogens with one attached hydrogen (secondary N) is 1. The molecule has 3 N–H and O–H groups in total. The number of carbonyl (C=O) groups is 1. The van der Waals surface area contributed by atoms with Gasteiger partial charge in [0.25, 0.3) is 5.91 Å². The van der Waals surface area contributed by atoms with Crippen LogP contribution in [0.5, 0.6) is 0 Å². The topological polar surface area (TPSA) is 85.8 Å². The summed E-state index contributed by atoms with van der Waals surface area (Å²) in [5.74, 6) is 5.61. The normalized spacial score (nSPS) is 10.5. The number of nitrogens with zero attached hydrogens (tertiary/aromatic N) is 3. The summed E-state index contributed by atoms with van der Waals surface area (Å²) in [4.78, 5) is 21.3. The van der Waals surface area contributed by atoms with E-state index < -0.39 is 5.91 Å². The van der Waals surface area contributed by atoms with Gasteiger partial charge in [0, 0.05) is 12.4 Å². The maximum absolute atomic E-state index is 11.5. The van der Waals surface area contributed by atoms with Crippen molar-refractivity contribution in [1.29, 1.82) is 0 Å². The van der Waals surface area contributed by atoms with Crippen LogP contribution in [0.15, 0.2) is 48.1 Å². The molecule has 0 aliphatic carbocycles. The average Bonchev–Trinajstić information content (AvgIpc) is 3.17. The van der Waals surface area contributed by atoms with Gasteiger partial charge in [-0.1, -0.05) is 12.1 Å². The fourth-order valence-electron chi connectivity index (χ4n) is 2.01. The van der Waals surface area contributed by atoms with Crippen molar-refractivity contribution in [3.8, 4) is 10.7 Å². The molecule has 3 rings (SSSR count). The van der Waals surface area contributed by atoms with Gasteiger partial charge in [-0.3, -0.25) is 10.2 Å². The van der Waals surface area contributed by atoms with Crippen LogP contribution < -0.4 is 11.3 Å². The molecule has 0 bridgehead atoms. The van der Waals surface area contributed by atoms with Crippen molar-refractivity contribution in [2.75, 3.05) is 0 Å². The van der Waals surface area contributed by atoms with Crippen molar-refractivity contribution >= 4 is 17.2 Å². The summed E-state index contributed by atoms with van der Waals surface area (Å²) < 4.78 is 2.00. The molecule has 0 saturated heterocycles. The first-order valence-corrected chi connectivity index (χ1v) is 7.18. The van der Waals surface area contributed by atoms with Gasteiger partial charge in [-0.15, -0.1) is 11.3 Å². The van der Waals surface area contributed by atoms with E-state index in [9.17, 15) is 4.79 Å². The van der Waals surface area contributed by atoms with Crippen molar-refractivity contribution in [2.24, 2.45) is 5.84 Å². The third-order valence-electron chi connectivity index (χ3n) is 2.96. The van der Waals surface area contributed by atoms with Crippen LogP contribution >= 0.6 is 11.3 Å². The molecule has 1 amide bonds. The molecule has 0 radical (unpaired) electrons. The Morgan fingerprint density at radius 3 is 3.00 bits per heavy atom. The van der Waals surface area contributed by atoms with Crippen LogP contribution in [0.1, 0.15) is 16.2 Å². The standard InChI is InChI=1S/C14H13N5OS/c15-18-14(20)11-4-1-3-10(17-11)9-19-7-6-16-13(19)12-5-2-8-21-12/h1-8H,9,15H2,(H,18,20).